The molecule has 0 fully saturated rings. The van der Waals surface area contributed by atoms with Crippen molar-refractivity contribution in [3.63, 3.8) is 0 Å². The summed E-state index contributed by atoms with van der Waals surface area (Å²) in [6.45, 7) is 0. The Kier molecular flexibility index (Phi) is 4.85. The second-order valence-corrected chi connectivity index (χ2v) is 5.73. The Hall–Kier alpha value is -0.780. The summed E-state index contributed by atoms with van der Waals surface area (Å²) >= 11 is 29.6. The number of nitro groups is 1. The van der Waals surface area contributed by atoms with Crippen molar-refractivity contribution >= 4 is 63.7 Å². The number of rotatable bonds is 2. The van der Waals surface area contributed by atoms with Crippen LogP contribution in [0.25, 0.3) is 11.1 Å². The highest BCUT2D eigenvalue weighted by Crippen LogP contribution is 2.50. The van der Waals surface area contributed by atoms with E-state index in [1.54, 1.807) is 0 Å². The van der Waals surface area contributed by atoms with Gasteiger partial charge in [0.05, 0.1) is 35.6 Å². The SMILES string of the molecule is O=[N+]([O-])c1cccc(F)c1-c1c(Cl)c(Cl)c(Cl)c(Cl)c1Cl. The van der Waals surface area contributed by atoms with Crippen molar-refractivity contribution in [2.24, 2.45) is 0 Å². The van der Waals surface area contributed by atoms with Crippen LogP contribution in [-0.4, -0.2) is 4.92 Å². The van der Waals surface area contributed by atoms with Gasteiger partial charge in [-0.3, -0.25) is 10.1 Å². The molecule has 21 heavy (non-hydrogen) atoms. The van der Waals surface area contributed by atoms with Crippen LogP contribution in [0, 0.1) is 15.9 Å². The zero-order valence-electron chi connectivity index (χ0n) is 9.76. The van der Waals surface area contributed by atoms with Gasteiger partial charge >= 0.3 is 0 Å². The number of hydrogen-bond donors (Lipinski definition) is 0. The lowest BCUT2D eigenvalue weighted by Gasteiger charge is -2.13. The first kappa shape index (κ1) is 16.6. The van der Waals surface area contributed by atoms with Crippen LogP contribution in [0.1, 0.15) is 0 Å². The smallest absolute Gasteiger partial charge is 0.258 e. The minimum Gasteiger partial charge on any atom is -0.258 e. The van der Waals surface area contributed by atoms with Gasteiger partial charge in [-0.05, 0) is 6.07 Å². The van der Waals surface area contributed by atoms with Gasteiger partial charge in [-0.2, -0.15) is 0 Å². The highest BCUT2D eigenvalue weighted by Gasteiger charge is 2.28. The average Bonchev–Trinajstić information content (AvgIpc) is 2.44. The van der Waals surface area contributed by atoms with Crippen LogP contribution in [0.5, 0.6) is 0 Å². The molecule has 0 aliphatic carbocycles. The molecule has 0 bridgehead atoms. The molecule has 0 amide bonds. The maximum Gasteiger partial charge on any atom is 0.280 e. The first-order chi connectivity index (χ1) is 9.77. The lowest BCUT2D eigenvalue weighted by molar-refractivity contribution is -0.384. The standard InChI is InChI=1S/C12H3Cl5FNO2/c13-8-7(9(14)11(16)12(17)10(8)15)6-4(18)2-1-3-5(6)19(20)21/h1-3H. The normalized spacial score (nSPS) is 10.8. The lowest BCUT2D eigenvalue weighted by Crippen LogP contribution is -1.97. The van der Waals surface area contributed by atoms with E-state index in [9.17, 15) is 14.5 Å². The first-order valence-electron chi connectivity index (χ1n) is 5.22. The number of nitro benzene ring substituents is 1. The number of benzene rings is 2. The molecule has 2 rings (SSSR count). The largest absolute Gasteiger partial charge is 0.280 e. The Labute approximate surface area is 143 Å². The third-order valence-electron chi connectivity index (χ3n) is 2.65. The molecule has 2 aromatic rings. The van der Waals surface area contributed by atoms with Crippen LogP contribution in [-0.2, 0) is 0 Å². The number of halogens is 6. The van der Waals surface area contributed by atoms with Crippen molar-refractivity contribution in [3.05, 3.63) is 59.2 Å². The quantitative estimate of drug-likeness (QED) is 0.249. The molecule has 0 heterocycles. The number of hydrogen-bond acceptors (Lipinski definition) is 2. The van der Waals surface area contributed by atoms with Crippen molar-refractivity contribution in [2.45, 2.75) is 0 Å². The molecule has 9 heteroatoms. The van der Waals surface area contributed by atoms with Crippen molar-refractivity contribution in [1.82, 2.24) is 0 Å². The molecule has 0 N–H and O–H groups in total. The van der Waals surface area contributed by atoms with Gasteiger partial charge < -0.3 is 0 Å². The van der Waals surface area contributed by atoms with Gasteiger partial charge in [0, 0.05) is 11.6 Å². The third-order valence-corrected chi connectivity index (χ3v) is 4.92. The summed E-state index contributed by atoms with van der Waals surface area (Å²) in [6, 6.07) is 3.34. The Morgan fingerprint density at radius 2 is 1.33 bits per heavy atom. The molecular weight excluding hydrogens is 386 g/mol. The second kappa shape index (κ2) is 6.15. The van der Waals surface area contributed by atoms with Gasteiger partial charge in [-0.15, -0.1) is 0 Å². The van der Waals surface area contributed by atoms with Crippen molar-refractivity contribution in [1.29, 1.82) is 0 Å². The summed E-state index contributed by atoms with van der Waals surface area (Å²) in [5, 5.41) is 10.2. The van der Waals surface area contributed by atoms with Crippen LogP contribution >= 0.6 is 58.0 Å². The topological polar surface area (TPSA) is 43.1 Å². The molecule has 110 valence electrons. The summed E-state index contributed by atoms with van der Waals surface area (Å²) in [6.07, 6.45) is 0. The van der Waals surface area contributed by atoms with Crippen molar-refractivity contribution < 1.29 is 9.31 Å². The summed E-state index contributed by atoms with van der Waals surface area (Å²) in [4.78, 5) is 10.3. The molecule has 0 spiro atoms. The average molecular weight is 389 g/mol. The molecule has 2 aromatic carbocycles. The van der Waals surface area contributed by atoms with Crippen LogP contribution in [0.2, 0.25) is 25.1 Å². The molecule has 0 atom stereocenters. The van der Waals surface area contributed by atoms with Gasteiger partial charge in [0.25, 0.3) is 5.69 Å². The molecule has 0 aliphatic heterocycles. The maximum atomic E-state index is 14.1. The van der Waals surface area contributed by atoms with E-state index < -0.39 is 22.0 Å². The third kappa shape index (κ3) is 2.79. The molecule has 3 nitrogen and oxygen atoms in total. The van der Waals surface area contributed by atoms with E-state index in [-0.39, 0.29) is 30.7 Å². The van der Waals surface area contributed by atoms with E-state index >= 15 is 0 Å². The Morgan fingerprint density at radius 1 is 0.857 bits per heavy atom. The van der Waals surface area contributed by atoms with Gasteiger partial charge in [0.2, 0.25) is 0 Å². The zero-order chi connectivity index (χ0) is 15.9. The fourth-order valence-corrected chi connectivity index (χ4v) is 3.06. The van der Waals surface area contributed by atoms with Crippen LogP contribution < -0.4 is 0 Å². The van der Waals surface area contributed by atoms with Crippen LogP contribution in [0.15, 0.2) is 18.2 Å². The van der Waals surface area contributed by atoms with E-state index in [1.165, 1.54) is 6.07 Å². The lowest BCUT2D eigenvalue weighted by atomic mass is 10.0. The van der Waals surface area contributed by atoms with Crippen LogP contribution in [0.3, 0.4) is 0 Å². The van der Waals surface area contributed by atoms with E-state index in [2.05, 4.69) is 0 Å². The van der Waals surface area contributed by atoms with Gasteiger partial charge in [0.1, 0.15) is 5.82 Å². The number of nitrogens with zero attached hydrogens (tertiary/aromatic N) is 1. The van der Waals surface area contributed by atoms with Crippen LogP contribution in [0.4, 0.5) is 10.1 Å². The summed E-state index contributed by atoms with van der Waals surface area (Å²) in [7, 11) is 0. The molecule has 0 saturated heterocycles. The van der Waals surface area contributed by atoms with Crippen molar-refractivity contribution in [2.75, 3.05) is 0 Å². The van der Waals surface area contributed by atoms with E-state index in [1.807, 2.05) is 0 Å². The Morgan fingerprint density at radius 3 is 1.81 bits per heavy atom. The minimum absolute atomic E-state index is 0.115. The molecular formula is C12H3Cl5FNO2. The van der Waals surface area contributed by atoms with E-state index in [4.69, 9.17) is 58.0 Å². The molecule has 0 aromatic heterocycles. The zero-order valence-corrected chi connectivity index (χ0v) is 13.5. The molecule has 0 aliphatic rings. The van der Waals surface area contributed by atoms with Gasteiger partial charge in [-0.25, -0.2) is 4.39 Å². The van der Waals surface area contributed by atoms with Crippen molar-refractivity contribution in [3.8, 4) is 11.1 Å². The molecule has 0 saturated carbocycles. The second-order valence-electron chi connectivity index (χ2n) is 3.84. The monoisotopic (exact) mass is 387 g/mol. The predicted octanol–water partition coefficient (Wildman–Crippen LogP) is 6.67. The molecule has 0 unspecified atom stereocenters. The van der Waals surface area contributed by atoms with E-state index in [0.717, 1.165) is 12.1 Å². The van der Waals surface area contributed by atoms with E-state index in [0.29, 0.717) is 0 Å². The highest BCUT2D eigenvalue weighted by atomic mass is 35.5. The van der Waals surface area contributed by atoms with Gasteiger partial charge in [0.15, 0.2) is 0 Å². The predicted molar refractivity (Wildman–Crippen MR) is 83.5 cm³/mol. The maximum absolute atomic E-state index is 14.1. The fraction of sp³-hybridized carbons (Fsp3) is 0. The fourth-order valence-electron chi connectivity index (χ4n) is 1.74. The van der Waals surface area contributed by atoms with Gasteiger partial charge in [-0.1, -0.05) is 64.1 Å². The summed E-state index contributed by atoms with van der Waals surface area (Å²) in [5.41, 5.74) is -1.10. The first-order valence-corrected chi connectivity index (χ1v) is 7.11. The highest BCUT2D eigenvalue weighted by molar-refractivity contribution is 6.56. The minimum atomic E-state index is -0.887. The summed E-state index contributed by atoms with van der Waals surface area (Å²) in [5.74, 6) is -0.887. The summed E-state index contributed by atoms with van der Waals surface area (Å²) < 4.78 is 14.1. The Bertz CT molecular complexity index is 737. The molecule has 0 radical (unpaired) electrons. The Balaban J connectivity index is 2.96.